The van der Waals surface area contributed by atoms with Gasteiger partial charge in [-0.15, -0.1) is 0 Å². The number of rotatable bonds is 4. The monoisotopic (exact) mass is 348 g/mol. The molecular weight excluding hydrogens is 335 g/mol. The van der Waals surface area contributed by atoms with Crippen LogP contribution in [0.3, 0.4) is 0 Å². The molecule has 0 aromatic heterocycles. The van der Waals surface area contributed by atoms with E-state index in [0.29, 0.717) is 18.1 Å². The minimum atomic E-state index is -0.385. The predicted octanol–water partition coefficient (Wildman–Crippen LogP) is 1.91. The van der Waals surface area contributed by atoms with Gasteiger partial charge in [-0.2, -0.15) is 5.10 Å². The average molecular weight is 348 g/mol. The molecule has 1 aromatic carbocycles. The number of halogens is 1. The fraction of sp³-hybridized carbons (Fsp3) is 0.273. The molecule has 0 heterocycles. The van der Waals surface area contributed by atoms with Crippen molar-refractivity contribution >= 4 is 34.8 Å². The van der Waals surface area contributed by atoms with Crippen molar-refractivity contribution in [1.82, 2.24) is 0 Å². The summed E-state index contributed by atoms with van der Waals surface area (Å²) in [5.41, 5.74) is 0.788. The standard InChI is InChI=1S/C11H13IN2O3/c1-3-16-10-5-8(6-14-13)4-9(12)11(10)17-7(2)15/h4-6H,3,13H2,1-2H3. The van der Waals surface area contributed by atoms with Crippen molar-refractivity contribution < 1.29 is 14.3 Å². The Hall–Kier alpha value is -1.31. The molecule has 0 amide bonds. The Labute approximate surface area is 113 Å². The van der Waals surface area contributed by atoms with Crippen molar-refractivity contribution in [3.63, 3.8) is 0 Å². The first kappa shape index (κ1) is 13.8. The van der Waals surface area contributed by atoms with Crippen molar-refractivity contribution in [2.45, 2.75) is 13.8 Å². The Kier molecular flexibility index (Phi) is 5.20. The highest BCUT2D eigenvalue weighted by molar-refractivity contribution is 14.1. The Balaban J connectivity index is 3.21. The number of nitrogens with zero attached hydrogens (tertiary/aromatic N) is 1. The fourth-order valence-corrected chi connectivity index (χ4v) is 1.99. The summed E-state index contributed by atoms with van der Waals surface area (Å²) in [6.45, 7) is 3.68. The van der Waals surface area contributed by atoms with Crippen molar-refractivity contribution in [1.29, 1.82) is 0 Å². The quantitative estimate of drug-likeness (QED) is 0.225. The van der Waals surface area contributed by atoms with E-state index < -0.39 is 0 Å². The number of nitrogens with two attached hydrogens (primary N) is 1. The maximum Gasteiger partial charge on any atom is 0.308 e. The minimum Gasteiger partial charge on any atom is -0.490 e. The fourth-order valence-electron chi connectivity index (χ4n) is 1.25. The highest BCUT2D eigenvalue weighted by Crippen LogP contribution is 2.33. The van der Waals surface area contributed by atoms with E-state index in [1.54, 1.807) is 12.1 Å². The summed E-state index contributed by atoms with van der Waals surface area (Å²) in [5, 5.41) is 3.45. The molecule has 0 atom stereocenters. The SMILES string of the molecule is CCOc1cc(C=NN)cc(I)c1OC(C)=O. The van der Waals surface area contributed by atoms with Gasteiger partial charge in [0.25, 0.3) is 0 Å². The summed E-state index contributed by atoms with van der Waals surface area (Å²) >= 11 is 2.06. The summed E-state index contributed by atoms with van der Waals surface area (Å²) in [7, 11) is 0. The van der Waals surface area contributed by atoms with Crippen LogP contribution in [0, 0.1) is 3.57 Å². The molecule has 1 aromatic rings. The molecule has 0 radical (unpaired) electrons. The van der Waals surface area contributed by atoms with Gasteiger partial charge < -0.3 is 15.3 Å². The van der Waals surface area contributed by atoms with Crippen LogP contribution in [0.2, 0.25) is 0 Å². The maximum atomic E-state index is 11.0. The van der Waals surface area contributed by atoms with Gasteiger partial charge in [-0.3, -0.25) is 4.79 Å². The van der Waals surface area contributed by atoms with Gasteiger partial charge in [0.15, 0.2) is 11.5 Å². The summed E-state index contributed by atoms with van der Waals surface area (Å²) in [6.07, 6.45) is 1.50. The van der Waals surface area contributed by atoms with Crippen LogP contribution >= 0.6 is 22.6 Å². The third-order valence-electron chi connectivity index (χ3n) is 1.80. The van der Waals surface area contributed by atoms with E-state index >= 15 is 0 Å². The molecule has 0 saturated heterocycles. The van der Waals surface area contributed by atoms with Crippen molar-refractivity contribution in [3.8, 4) is 11.5 Å². The van der Waals surface area contributed by atoms with E-state index in [9.17, 15) is 4.79 Å². The van der Waals surface area contributed by atoms with Gasteiger partial charge in [-0.25, -0.2) is 0 Å². The Morgan fingerprint density at radius 2 is 2.29 bits per heavy atom. The normalized spacial score (nSPS) is 10.5. The van der Waals surface area contributed by atoms with E-state index in [1.807, 2.05) is 6.92 Å². The first-order valence-corrected chi connectivity index (χ1v) is 6.04. The van der Waals surface area contributed by atoms with Crippen LogP contribution in [0.25, 0.3) is 0 Å². The van der Waals surface area contributed by atoms with Gasteiger partial charge in [0.2, 0.25) is 0 Å². The molecule has 2 N–H and O–H groups in total. The van der Waals surface area contributed by atoms with Crippen LogP contribution in [0.4, 0.5) is 0 Å². The number of hydrogen-bond acceptors (Lipinski definition) is 5. The Morgan fingerprint density at radius 3 is 2.82 bits per heavy atom. The molecule has 0 aliphatic heterocycles. The second kappa shape index (κ2) is 6.43. The number of carbonyl (C=O) groups is 1. The van der Waals surface area contributed by atoms with Crippen molar-refractivity contribution in [2.24, 2.45) is 10.9 Å². The van der Waals surface area contributed by atoms with Crippen LogP contribution in [-0.4, -0.2) is 18.8 Å². The molecule has 0 spiro atoms. The summed E-state index contributed by atoms with van der Waals surface area (Å²) in [6, 6.07) is 3.53. The second-order valence-corrected chi connectivity index (χ2v) is 4.30. The third kappa shape index (κ3) is 3.88. The smallest absolute Gasteiger partial charge is 0.308 e. The number of benzene rings is 1. The maximum absolute atomic E-state index is 11.0. The highest BCUT2D eigenvalue weighted by Gasteiger charge is 2.13. The number of hydrazone groups is 1. The molecular formula is C11H13IN2O3. The number of hydrogen-bond donors (Lipinski definition) is 1. The lowest BCUT2D eigenvalue weighted by Gasteiger charge is -2.12. The Bertz CT molecular complexity index is 447. The summed E-state index contributed by atoms with van der Waals surface area (Å²) in [5.74, 6) is 5.64. The average Bonchev–Trinajstić information content (AvgIpc) is 2.23. The van der Waals surface area contributed by atoms with E-state index in [0.717, 1.165) is 9.13 Å². The van der Waals surface area contributed by atoms with Crippen LogP contribution < -0.4 is 15.3 Å². The topological polar surface area (TPSA) is 73.9 Å². The lowest BCUT2D eigenvalue weighted by Crippen LogP contribution is -2.06. The summed E-state index contributed by atoms with van der Waals surface area (Å²) < 4.78 is 11.3. The van der Waals surface area contributed by atoms with Crippen molar-refractivity contribution in [2.75, 3.05) is 6.61 Å². The third-order valence-corrected chi connectivity index (χ3v) is 2.60. The van der Waals surface area contributed by atoms with Gasteiger partial charge in [0.05, 0.1) is 16.4 Å². The first-order valence-electron chi connectivity index (χ1n) is 4.96. The van der Waals surface area contributed by atoms with Gasteiger partial charge in [-0.05, 0) is 47.2 Å². The van der Waals surface area contributed by atoms with Crippen molar-refractivity contribution in [3.05, 3.63) is 21.3 Å². The zero-order chi connectivity index (χ0) is 12.8. The molecule has 0 saturated carbocycles. The molecule has 5 nitrogen and oxygen atoms in total. The van der Waals surface area contributed by atoms with Crippen LogP contribution in [-0.2, 0) is 4.79 Å². The van der Waals surface area contributed by atoms with Crippen LogP contribution in [0.15, 0.2) is 17.2 Å². The summed E-state index contributed by atoms with van der Waals surface area (Å²) in [4.78, 5) is 11.0. The van der Waals surface area contributed by atoms with E-state index in [1.165, 1.54) is 13.1 Å². The van der Waals surface area contributed by atoms with Gasteiger partial charge >= 0.3 is 5.97 Å². The molecule has 1 rings (SSSR count). The lowest BCUT2D eigenvalue weighted by atomic mass is 10.2. The van der Waals surface area contributed by atoms with Gasteiger partial charge in [0, 0.05) is 6.92 Å². The molecule has 0 bridgehead atoms. The zero-order valence-corrected chi connectivity index (χ0v) is 11.7. The molecule has 6 heteroatoms. The first-order chi connectivity index (χ1) is 8.08. The van der Waals surface area contributed by atoms with Crippen LogP contribution in [0.5, 0.6) is 11.5 Å². The number of ether oxygens (including phenoxy) is 2. The Morgan fingerprint density at radius 1 is 1.59 bits per heavy atom. The predicted molar refractivity (Wildman–Crippen MR) is 73.4 cm³/mol. The van der Waals surface area contributed by atoms with Crippen LogP contribution in [0.1, 0.15) is 19.4 Å². The van der Waals surface area contributed by atoms with Gasteiger partial charge in [-0.1, -0.05) is 0 Å². The number of esters is 1. The molecule has 92 valence electrons. The lowest BCUT2D eigenvalue weighted by molar-refractivity contribution is -0.132. The molecule has 0 fully saturated rings. The highest BCUT2D eigenvalue weighted by atomic mass is 127. The zero-order valence-electron chi connectivity index (χ0n) is 9.57. The van der Waals surface area contributed by atoms with E-state index in [-0.39, 0.29) is 5.97 Å². The van der Waals surface area contributed by atoms with E-state index in [4.69, 9.17) is 15.3 Å². The largest absolute Gasteiger partial charge is 0.490 e. The van der Waals surface area contributed by atoms with Gasteiger partial charge in [0.1, 0.15) is 0 Å². The van der Waals surface area contributed by atoms with E-state index in [2.05, 4.69) is 27.7 Å². The molecule has 0 aliphatic carbocycles. The molecule has 0 aliphatic rings. The second-order valence-electron chi connectivity index (χ2n) is 3.13. The minimum absolute atomic E-state index is 0.385. The molecule has 0 unspecified atom stereocenters. The molecule has 17 heavy (non-hydrogen) atoms. The number of carbonyl (C=O) groups excluding carboxylic acids is 1.